The van der Waals surface area contributed by atoms with Gasteiger partial charge in [0.1, 0.15) is 6.61 Å². The zero-order chi connectivity index (χ0) is 30.6. The van der Waals surface area contributed by atoms with Crippen LogP contribution < -0.4 is 11.6 Å². The molecule has 2 amide bonds. The number of nitrogens with zero attached hydrogens (tertiary/aromatic N) is 3. The van der Waals surface area contributed by atoms with E-state index in [1.54, 1.807) is 6.92 Å². The second-order valence-corrected chi connectivity index (χ2v) is 7.92. The van der Waals surface area contributed by atoms with E-state index < -0.39 is 17.8 Å². The summed E-state index contributed by atoms with van der Waals surface area (Å²) < 4.78 is 27.2. The summed E-state index contributed by atoms with van der Waals surface area (Å²) in [5.41, 5.74) is 7.88. The second-order valence-electron chi connectivity index (χ2n) is 7.92. The van der Waals surface area contributed by atoms with Crippen molar-refractivity contribution in [2.45, 2.75) is 52.9 Å². The first-order valence-electron chi connectivity index (χ1n) is 13.6. The molecule has 14 nitrogen and oxygen atoms in total. The van der Waals surface area contributed by atoms with Crippen LogP contribution in [0, 0.1) is 0 Å². The molecule has 0 aromatic rings. The minimum absolute atomic E-state index is 0. The third kappa shape index (κ3) is 23.9. The Morgan fingerprint density at radius 2 is 1.38 bits per heavy atom. The number of amidine groups is 1. The summed E-state index contributed by atoms with van der Waals surface area (Å²) in [6, 6.07) is 0. The molecule has 1 aliphatic heterocycles. The fourth-order valence-corrected chi connectivity index (χ4v) is 2.87. The van der Waals surface area contributed by atoms with Gasteiger partial charge in [-0.15, -0.1) is 5.06 Å². The van der Waals surface area contributed by atoms with Gasteiger partial charge in [-0.2, -0.15) is 0 Å². The summed E-state index contributed by atoms with van der Waals surface area (Å²) in [6.07, 6.45) is 12.0. The van der Waals surface area contributed by atoms with Gasteiger partial charge in [-0.25, -0.2) is 4.79 Å². The SMILES string of the molecule is C/C(N)=N\[N-]N.CC.O=C(CCOCCOCCOCCOCCOC1=CC/C=C\C=C/C1)ON1C(=O)CCC1=O.[V]. The predicted octanol–water partition coefficient (Wildman–Crippen LogP) is 2.41. The van der Waals surface area contributed by atoms with Crippen LogP contribution in [0.15, 0.2) is 41.2 Å². The van der Waals surface area contributed by atoms with Crippen LogP contribution >= 0.6 is 0 Å². The fraction of sp³-hybridized carbons (Fsp3) is 0.630. The third-order valence-electron chi connectivity index (χ3n) is 4.68. The maximum atomic E-state index is 11.6. The Morgan fingerprint density at radius 1 is 0.881 bits per heavy atom. The molecule has 0 saturated carbocycles. The summed E-state index contributed by atoms with van der Waals surface area (Å²) in [5, 5.41) is 3.75. The molecule has 1 heterocycles. The average Bonchev–Trinajstić information content (AvgIpc) is 3.25. The molecule has 0 aromatic carbocycles. The van der Waals surface area contributed by atoms with Crippen molar-refractivity contribution in [1.82, 2.24) is 5.06 Å². The van der Waals surface area contributed by atoms with Crippen molar-refractivity contribution in [3.63, 3.8) is 0 Å². The molecule has 4 N–H and O–H groups in total. The first-order chi connectivity index (χ1) is 19.9. The summed E-state index contributed by atoms with van der Waals surface area (Å²) in [7, 11) is 0. The van der Waals surface area contributed by atoms with Gasteiger partial charge in [-0.05, 0) is 19.4 Å². The quantitative estimate of drug-likeness (QED) is 0.0562. The van der Waals surface area contributed by atoms with E-state index in [1.165, 1.54) is 0 Å². The second kappa shape index (κ2) is 29.8. The van der Waals surface area contributed by atoms with E-state index in [9.17, 15) is 14.4 Å². The molecule has 42 heavy (non-hydrogen) atoms. The molecular weight excluding hydrogens is 589 g/mol. The van der Waals surface area contributed by atoms with Gasteiger partial charge in [0.15, 0.2) is 0 Å². The third-order valence-corrected chi connectivity index (χ3v) is 4.68. The van der Waals surface area contributed by atoms with Crippen LogP contribution in [0.25, 0.3) is 5.53 Å². The molecule has 0 aromatic heterocycles. The number of hydrogen-bond donors (Lipinski definition) is 2. The average molecular weight is 636 g/mol. The Morgan fingerprint density at radius 3 is 1.88 bits per heavy atom. The number of amides is 2. The monoisotopic (exact) mass is 635 g/mol. The van der Waals surface area contributed by atoms with E-state index >= 15 is 0 Å². The van der Waals surface area contributed by atoms with Crippen LogP contribution in [0.1, 0.15) is 52.9 Å². The smallest absolute Gasteiger partial charge is 0.335 e. The molecule has 1 fully saturated rings. The molecule has 2 aliphatic rings. The van der Waals surface area contributed by atoms with E-state index in [-0.39, 0.29) is 44.4 Å². The molecule has 0 bridgehead atoms. The van der Waals surface area contributed by atoms with Crippen LogP contribution in [0.5, 0.6) is 0 Å². The van der Waals surface area contributed by atoms with Gasteiger partial charge in [-0.3, -0.25) is 9.59 Å². The summed E-state index contributed by atoms with van der Waals surface area (Å²) >= 11 is 0. The number of hydroxylamine groups is 2. The molecular formula is C27H46N5O9V-. The van der Waals surface area contributed by atoms with Crippen molar-refractivity contribution < 1.29 is 61.5 Å². The Hall–Kier alpha value is -2.72. The number of rotatable bonds is 18. The van der Waals surface area contributed by atoms with Crippen molar-refractivity contribution >= 4 is 23.6 Å². The first-order valence-corrected chi connectivity index (χ1v) is 13.6. The number of imide groups is 1. The molecule has 0 spiro atoms. The Kier molecular flexibility index (Phi) is 29.4. The van der Waals surface area contributed by atoms with Gasteiger partial charge in [0.2, 0.25) is 0 Å². The van der Waals surface area contributed by atoms with Crippen molar-refractivity contribution in [2.24, 2.45) is 16.7 Å². The Balaban J connectivity index is 0. The zero-order valence-corrected chi connectivity index (χ0v) is 26.3. The number of nitrogens with two attached hydrogens (primary N) is 2. The molecule has 0 atom stereocenters. The summed E-state index contributed by atoms with van der Waals surface area (Å²) in [5.74, 6) is 4.24. The minimum atomic E-state index is -0.687. The van der Waals surface area contributed by atoms with E-state index in [1.807, 2.05) is 26.0 Å². The van der Waals surface area contributed by atoms with E-state index in [2.05, 4.69) is 34.7 Å². The van der Waals surface area contributed by atoms with Crippen molar-refractivity contribution in [1.29, 1.82) is 0 Å². The molecule has 1 radical (unpaired) electrons. The van der Waals surface area contributed by atoms with Gasteiger partial charge in [-0.1, -0.05) is 38.2 Å². The van der Waals surface area contributed by atoms with Gasteiger partial charge in [0.25, 0.3) is 11.8 Å². The number of allylic oxidation sites excluding steroid dienone is 5. The number of carbonyl (C=O) groups is 3. The maximum absolute atomic E-state index is 11.6. The van der Waals surface area contributed by atoms with Crippen LogP contribution in [0.4, 0.5) is 0 Å². The summed E-state index contributed by atoms with van der Waals surface area (Å²) in [4.78, 5) is 39.0. The van der Waals surface area contributed by atoms with Crippen LogP contribution in [-0.2, 0) is 61.5 Å². The number of carbonyl (C=O) groups excluding carboxylic acids is 3. The molecule has 239 valence electrons. The zero-order valence-electron chi connectivity index (χ0n) is 24.9. The van der Waals surface area contributed by atoms with Crippen molar-refractivity contribution in [2.75, 3.05) is 59.5 Å². The van der Waals surface area contributed by atoms with Gasteiger partial charge in [0, 0.05) is 37.8 Å². The van der Waals surface area contributed by atoms with Gasteiger partial charge in [0.05, 0.1) is 70.9 Å². The normalized spacial score (nSPS) is 15.9. The summed E-state index contributed by atoms with van der Waals surface area (Å²) in [6.45, 7) is 9.22. The number of ether oxygens (including phenoxy) is 5. The minimum Gasteiger partial charge on any atom is -0.542 e. The molecule has 2 rings (SSSR count). The van der Waals surface area contributed by atoms with Crippen molar-refractivity contribution in [3.8, 4) is 0 Å². The fourth-order valence-electron chi connectivity index (χ4n) is 2.87. The standard InChI is InChI=1S/C23H33NO9.C2H7N4.C2H6.V/c25-21-8-9-22(26)24(21)33-23(27)10-11-28-12-13-29-14-15-30-16-17-31-18-19-32-20-6-4-2-1-3-5-7-20;1-2(3)5-6-4;1-2;/h1-4,7H,5-6,8-19H2;4H2,1H3,(H2,3,5);1-2H3;/q;-1;;/b3-1-,4-2-,20-7?;;;. The van der Waals surface area contributed by atoms with Crippen molar-refractivity contribution in [3.05, 3.63) is 41.7 Å². The van der Waals surface area contributed by atoms with E-state index in [4.69, 9.17) is 34.3 Å². The van der Waals surface area contributed by atoms with Crippen LogP contribution in [0.3, 0.4) is 0 Å². The van der Waals surface area contributed by atoms with Gasteiger partial charge < -0.3 is 50.7 Å². The molecule has 15 heteroatoms. The topological polar surface area (TPSA) is 188 Å². The molecule has 1 aliphatic carbocycles. The van der Waals surface area contributed by atoms with E-state index in [0.29, 0.717) is 63.8 Å². The Bertz CT molecular complexity index is 834. The molecule has 0 unspecified atom stereocenters. The van der Waals surface area contributed by atoms with Gasteiger partial charge >= 0.3 is 5.97 Å². The van der Waals surface area contributed by atoms with Crippen LogP contribution in [0.2, 0.25) is 0 Å². The maximum Gasteiger partial charge on any atom is 0.335 e. The number of hydrogen-bond acceptors (Lipinski definition) is 11. The van der Waals surface area contributed by atoms with E-state index in [0.717, 1.165) is 18.6 Å². The largest absolute Gasteiger partial charge is 0.542 e. The predicted molar refractivity (Wildman–Crippen MR) is 153 cm³/mol. The first kappa shape index (κ1) is 41.4. The molecule has 1 saturated heterocycles. The van der Waals surface area contributed by atoms with Crippen LogP contribution in [-0.4, -0.2) is 88.1 Å². The Labute approximate surface area is 260 Å².